The molecule has 1 fully saturated rings. The first kappa shape index (κ1) is 19.7. The summed E-state index contributed by atoms with van der Waals surface area (Å²) in [4.78, 5) is 49.7. The van der Waals surface area contributed by atoms with Crippen molar-refractivity contribution in [3.63, 3.8) is 0 Å². The Labute approximate surface area is 159 Å². The van der Waals surface area contributed by atoms with Crippen LogP contribution in [0.1, 0.15) is 19.8 Å². The maximum atomic E-state index is 13.2. The fourth-order valence-electron chi connectivity index (χ4n) is 3.26. The summed E-state index contributed by atoms with van der Waals surface area (Å²) >= 11 is 0. The van der Waals surface area contributed by atoms with Gasteiger partial charge in [-0.05, 0) is 31.9 Å². The second-order valence-electron chi connectivity index (χ2n) is 6.67. The van der Waals surface area contributed by atoms with Gasteiger partial charge in [-0.15, -0.1) is 0 Å². The van der Waals surface area contributed by atoms with E-state index in [0.29, 0.717) is 12.8 Å². The number of rotatable bonds is 5. The molecule has 1 aromatic carbocycles. The highest BCUT2D eigenvalue weighted by molar-refractivity contribution is 6.07. The van der Waals surface area contributed by atoms with Crippen molar-refractivity contribution in [2.45, 2.75) is 25.9 Å². The van der Waals surface area contributed by atoms with Crippen molar-refractivity contribution in [3.05, 3.63) is 42.0 Å². The third kappa shape index (κ3) is 3.92. The molecule has 0 spiro atoms. The molecule has 0 bridgehead atoms. The Kier molecular flexibility index (Phi) is 5.53. The highest BCUT2D eigenvalue weighted by Gasteiger charge is 2.47. The summed E-state index contributed by atoms with van der Waals surface area (Å²) in [6.07, 6.45) is 3.30. The average molecular weight is 392 g/mol. The smallest absolute Gasteiger partial charge is 0.326 e. The molecule has 0 aromatic heterocycles. The van der Waals surface area contributed by atoms with Gasteiger partial charge in [0.1, 0.15) is 6.54 Å². The van der Waals surface area contributed by atoms with Gasteiger partial charge in [-0.3, -0.25) is 24.1 Å². The van der Waals surface area contributed by atoms with Crippen LogP contribution in [0.15, 0.2) is 30.4 Å². The molecule has 3 rings (SSSR count). The summed E-state index contributed by atoms with van der Waals surface area (Å²) < 4.78 is 31.1. The molecule has 2 aliphatic rings. The molecule has 148 valence electrons. The molecule has 1 aliphatic carbocycles. The zero-order valence-electron chi connectivity index (χ0n) is 15.0. The molecule has 1 saturated heterocycles. The lowest BCUT2D eigenvalue weighted by Crippen LogP contribution is -2.39. The number of fused-ring (bicyclic) bond motifs is 1. The third-order valence-corrected chi connectivity index (χ3v) is 4.75. The fraction of sp³-hybridized carbons (Fsp3) is 0.368. The van der Waals surface area contributed by atoms with E-state index < -0.39 is 59.8 Å². The van der Waals surface area contributed by atoms with Crippen LogP contribution in [-0.2, 0) is 23.9 Å². The van der Waals surface area contributed by atoms with Gasteiger partial charge in [0.05, 0.1) is 11.8 Å². The molecule has 0 unspecified atom stereocenters. The molecular weight excluding hydrogens is 374 g/mol. The Balaban J connectivity index is 1.55. The van der Waals surface area contributed by atoms with Crippen LogP contribution in [0.5, 0.6) is 0 Å². The second-order valence-corrected chi connectivity index (χ2v) is 6.67. The summed E-state index contributed by atoms with van der Waals surface area (Å²) in [5.41, 5.74) is -0.00623. The number of hydrogen-bond donors (Lipinski definition) is 1. The van der Waals surface area contributed by atoms with Crippen LogP contribution < -0.4 is 5.32 Å². The van der Waals surface area contributed by atoms with E-state index >= 15 is 0 Å². The van der Waals surface area contributed by atoms with Crippen LogP contribution >= 0.6 is 0 Å². The van der Waals surface area contributed by atoms with E-state index in [0.717, 1.165) is 23.1 Å². The predicted molar refractivity (Wildman–Crippen MR) is 92.6 cm³/mol. The highest BCUT2D eigenvalue weighted by Crippen LogP contribution is 2.34. The first-order chi connectivity index (χ1) is 13.3. The zero-order chi connectivity index (χ0) is 20.4. The lowest BCUT2D eigenvalue weighted by atomic mass is 9.85. The number of nitrogens with one attached hydrogen (secondary N) is 1. The van der Waals surface area contributed by atoms with E-state index in [1.165, 1.54) is 6.92 Å². The van der Waals surface area contributed by atoms with Gasteiger partial charge in [0.15, 0.2) is 17.7 Å². The maximum Gasteiger partial charge on any atom is 0.326 e. The molecule has 0 radical (unpaired) electrons. The Morgan fingerprint density at radius 1 is 1.14 bits per heavy atom. The maximum absolute atomic E-state index is 13.2. The van der Waals surface area contributed by atoms with Gasteiger partial charge in [-0.1, -0.05) is 12.2 Å². The van der Waals surface area contributed by atoms with Gasteiger partial charge in [0, 0.05) is 11.8 Å². The first-order valence-electron chi connectivity index (χ1n) is 8.73. The van der Waals surface area contributed by atoms with Crippen LogP contribution in [0, 0.1) is 23.5 Å². The number of likely N-dealkylation sites (tertiary alicyclic amines) is 1. The van der Waals surface area contributed by atoms with E-state index in [2.05, 4.69) is 5.32 Å². The number of hydrogen-bond acceptors (Lipinski definition) is 5. The number of ether oxygens (including phenoxy) is 1. The summed E-state index contributed by atoms with van der Waals surface area (Å²) in [6.45, 7) is 0.706. The van der Waals surface area contributed by atoms with Gasteiger partial charge in [0.25, 0.3) is 5.91 Å². The van der Waals surface area contributed by atoms with Crippen molar-refractivity contribution in [1.29, 1.82) is 0 Å². The van der Waals surface area contributed by atoms with Gasteiger partial charge in [-0.2, -0.15) is 0 Å². The normalized spacial score (nSPS) is 22.0. The second kappa shape index (κ2) is 7.87. The van der Waals surface area contributed by atoms with Crippen molar-refractivity contribution < 1.29 is 32.7 Å². The van der Waals surface area contributed by atoms with E-state index in [4.69, 9.17) is 4.74 Å². The molecule has 9 heteroatoms. The minimum absolute atomic E-state index is 0.00623. The Morgan fingerprint density at radius 2 is 1.75 bits per heavy atom. The highest BCUT2D eigenvalue weighted by atomic mass is 19.2. The molecule has 3 atom stereocenters. The lowest BCUT2D eigenvalue weighted by molar-refractivity contribution is -0.158. The fourth-order valence-corrected chi connectivity index (χ4v) is 3.26. The predicted octanol–water partition coefficient (Wildman–Crippen LogP) is 1.79. The topological polar surface area (TPSA) is 92.8 Å². The molecule has 1 heterocycles. The van der Waals surface area contributed by atoms with Crippen molar-refractivity contribution in [2.24, 2.45) is 11.8 Å². The van der Waals surface area contributed by atoms with Crippen LogP contribution in [0.2, 0.25) is 0 Å². The van der Waals surface area contributed by atoms with Crippen molar-refractivity contribution in [1.82, 2.24) is 4.90 Å². The molecule has 1 aliphatic heterocycles. The number of carbonyl (C=O) groups excluding carboxylic acids is 4. The standard InChI is InChI=1S/C19H18F2N2O5/c1-10(17(25)22-11-6-7-14(20)15(21)8-11)28-16(24)9-23-18(26)12-4-2-3-5-13(12)19(23)27/h2-3,6-8,10,12-13H,4-5,9H2,1H3,(H,22,25)/t10-,12-,13-/m0/s1. The Hall–Kier alpha value is -3.10. The van der Waals surface area contributed by atoms with Gasteiger partial charge in [0.2, 0.25) is 11.8 Å². The lowest BCUT2D eigenvalue weighted by Gasteiger charge is -2.17. The summed E-state index contributed by atoms with van der Waals surface area (Å²) in [5.74, 6) is -5.64. The number of imide groups is 1. The summed E-state index contributed by atoms with van der Waals surface area (Å²) in [5, 5.41) is 2.29. The number of carbonyl (C=O) groups is 4. The largest absolute Gasteiger partial charge is 0.451 e. The third-order valence-electron chi connectivity index (χ3n) is 4.75. The van der Waals surface area contributed by atoms with Crippen LogP contribution in [-0.4, -0.2) is 41.2 Å². The quantitative estimate of drug-likeness (QED) is 0.469. The van der Waals surface area contributed by atoms with E-state index in [1.54, 1.807) is 0 Å². The van der Waals surface area contributed by atoms with Crippen LogP contribution in [0.4, 0.5) is 14.5 Å². The molecule has 7 nitrogen and oxygen atoms in total. The number of esters is 1. The van der Waals surface area contributed by atoms with Crippen molar-refractivity contribution in [2.75, 3.05) is 11.9 Å². The monoisotopic (exact) mass is 392 g/mol. The van der Waals surface area contributed by atoms with Gasteiger partial charge in [-0.25, -0.2) is 8.78 Å². The van der Waals surface area contributed by atoms with E-state index in [1.807, 2.05) is 12.2 Å². The number of anilines is 1. The Morgan fingerprint density at radius 3 is 2.32 bits per heavy atom. The average Bonchev–Trinajstić information content (AvgIpc) is 2.90. The van der Waals surface area contributed by atoms with E-state index in [-0.39, 0.29) is 5.69 Å². The van der Waals surface area contributed by atoms with Gasteiger partial charge >= 0.3 is 5.97 Å². The number of nitrogens with zero attached hydrogens (tertiary/aromatic N) is 1. The SMILES string of the molecule is C[C@H](OC(=O)CN1C(=O)[C@H]2CC=CC[C@@H]2C1=O)C(=O)Nc1ccc(F)c(F)c1. The van der Waals surface area contributed by atoms with Crippen molar-refractivity contribution in [3.8, 4) is 0 Å². The van der Waals surface area contributed by atoms with Crippen LogP contribution in [0.25, 0.3) is 0 Å². The molecule has 28 heavy (non-hydrogen) atoms. The van der Waals surface area contributed by atoms with Crippen molar-refractivity contribution >= 4 is 29.4 Å². The molecule has 0 saturated carbocycles. The molecule has 1 N–H and O–H groups in total. The number of amides is 3. The molecule has 3 amide bonds. The minimum atomic E-state index is -1.27. The summed E-state index contributed by atoms with van der Waals surface area (Å²) in [6, 6.07) is 2.79. The molecule has 1 aromatic rings. The van der Waals surface area contributed by atoms with Crippen LogP contribution in [0.3, 0.4) is 0 Å². The Bertz CT molecular complexity index is 844. The summed E-state index contributed by atoms with van der Waals surface area (Å²) in [7, 11) is 0. The van der Waals surface area contributed by atoms with Gasteiger partial charge < -0.3 is 10.1 Å². The number of benzene rings is 1. The molecular formula is C19H18F2N2O5. The minimum Gasteiger partial charge on any atom is -0.451 e. The van der Waals surface area contributed by atoms with E-state index in [9.17, 15) is 28.0 Å². The number of halogens is 2. The first-order valence-corrected chi connectivity index (χ1v) is 8.73. The zero-order valence-corrected chi connectivity index (χ0v) is 15.0. The number of allylic oxidation sites excluding steroid dienone is 2.